The summed E-state index contributed by atoms with van der Waals surface area (Å²) in [4.78, 5) is 27.1. The van der Waals surface area contributed by atoms with Crippen LogP contribution in [0.25, 0.3) is 0 Å². The smallest absolute Gasteiger partial charge is 0.231 e. The third kappa shape index (κ3) is 3.53. The molecule has 1 aromatic carbocycles. The number of nitrogens with zero attached hydrogens (tertiary/aromatic N) is 3. The van der Waals surface area contributed by atoms with E-state index >= 15 is 0 Å². The van der Waals surface area contributed by atoms with Crippen LogP contribution in [0.15, 0.2) is 18.2 Å². The zero-order chi connectivity index (χ0) is 15.4. The van der Waals surface area contributed by atoms with Crippen molar-refractivity contribution in [2.24, 2.45) is 0 Å². The summed E-state index contributed by atoms with van der Waals surface area (Å²) >= 11 is 5.96. The van der Waals surface area contributed by atoms with Gasteiger partial charge >= 0.3 is 0 Å². The Hall–Kier alpha value is -2.06. The van der Waals surface area contributed by atoms with Crippen LogP contribution < -0.4 is 4.90 Å². The lowest BCUT2D eigenvalue weighted by Gasteiger charge is -2.20. The molecule has 0 radical (unpaired) electrons. The second-order valence-corrected chi connectivity index (χ2v) is 5.41. The average Bonchev–Trinajstić information content (AvgIpc) is 2.77. The number of anilines is 1. The predicted octanol–water partition coefficient (Wildman–Crippen LogP) is 1.99. The number of fused-ring (bicyclic) bond motifs is 1. The minimum absolute atomic E-state index is 0.0141. The van der Waals surface area contributed by atoms with Gasteiger partial charge in [-0.3, -0.25) is 9.59 Å². The molecule has 2 amide bonds. The number of carbonyl (C=O) groups excluding carboxylic acids is 2. The number of benzene rings is 1. The molecule has 1 aromatic rings. The van der Waals surface area contributed by atoms with E-state index in [-0.39, 0.29) is 18.2 Å². The summed E-state index contributed by atoms with van der Waals surface area (Å²) in [6.07, 6.45) is 0.897. The quantitative estimate of drug-likeness (QED) is 0.835. The fraction of sp³-hybridized carbons (Fsp3) is 0.400. The molecule has 0 bridgehead atoms. The maximum Gasteiger partial charge on any atom is 0.231 e. The lowest BCUT2D eigenvalue weighted by molar-refractivity contribution is -0.129. The zero-order valence-corrected chi connectivity index (χ0v) is 12.6. The minimum Gasteiger partial charge on any atom is -0.345 e. The molecule has 6 heteroatoms. The number of halogens is 1. The first-order valence-corrected chi connectivity index (χ1v) is 7.10. The second kappa shape index (κ2) is 6.59. The minimum atomic E-state index is -0.0754. The Kier molecular flexibility index (Phi) is 4.81. The summed E-state index contributed by atoms with van der Waals surface area (Å²) in [5.41, 5.74) is 1.73. The Morgan fingerprint density at radius 1 is 1.52 bits per heavy atom. The molecule has 21 heavy (non-hydrogen) atoms. The molecule has 0 atom stereocenters. The van der Waals surface area contributed by atoms with Gasteiger partial charge in [0.05, 0.1) is 18.9 Å². The standard InChI is InChI=1S/C15H16ClN3O2/c1-18(7-2-6-17)14(20)5-8-19-13-10-12(16)4-3-11(13)9-15(19)21/h3-4,10H,2,5,7-9H2,1H3. The van der Waals surface area contributed by atoms with E-state index in [0.29, 0.717) is 31.0 Å². The topological polar surface area (TPSA) is 64.4 Å². The van der Waals surface area contributed by atoms with Crippen LogP contribution in [0.1, 0.15) is 18.4 Å². The molecule has 0 unspecified atom stereocenters. The van der Waals surface area contributed by atoms with Gasteiger partial charge < -0.3 is 9.80 Å². The number of amides is 2. The SMILES string of the molecule is CN(CCC#N)C(=O)CCN1C(=O)Cc2ccc(Cl)cc21. The fourth-order valence-electron chi connectivity index (χ4n) is 2.32. The van der Waals surface area contributed by atoms with E-state index in [4.69, 9.17) is 16.9 Å². The molecule has 0 N–H and O–H groups in total. The highest BCUT2D eigenvalue weighted by molar-refractivity contribution is 6.31. The van der Waals surface area contributed by atoms with Crippen molar-refractivity contribution in [3.05, 3.63) is 28.8 Å². The largest absolute Gasteiger partial charge is 0.345 e. The summed E-state index contributed by atoms with van der Waals surface area (Å²) in [5, 5.41) is 9.09. The lowest BCUT2D eigenvalue weighted by atomic mass is 10.2. The molecule has 1 aliphatic rings. The van der Waals surface area contributed by atoms with E-state index in [9.17, 15) is 9.59 Å². The Morgan fingerprint density at radius 3 is 3.00 bits per heavy atom. The highest BCUT2D eigenvalue weighted by Gasteiger charge is 2.27. The van der Waals surface area contributed by atoms with E-state index in [1.165, 1.54) is 4.90 Å². The summed E-state index contributed by atoms with van der Waals surface area (Å²) in [5.74, 6) is -0.0896. The van der Waals surface area contributed by atoms with E-state index < -0.39 is 0 Å². The van der Waals surface area contributed by atoms with E-state index in [2.05, 4.69) is 0 Å². The number of rotatable bonds is 5. The Bertz CT molecular complexity index is 609. The van der Waals surface area contributed by atoms with Crippen molar-refractivity contribution in [2.45, 2.75) is 19.3 Å². The third-order valence-corrected chi connectivity index (χ3v) is 3.75. The summed E-state index contributed by atoms with van der Waals surface area (Å²) in [7, 11) is 1.66. The first-order valence-electron chi connectivity index (χ1n) is 6.72. The van der Waals surface area contributed by atoms with Crippen molar-refractivity contribution in [1.82, 2.24) is 4.90 Å². The van der Waals surface area contributed by atoms with Crippen molar-refractivity contribution in [2.75, 3.05) is 25.0 Å². The van der Waals surface area contributed by atoms with E-state index in [1.807, 2.05) is 12.1 Å². The molecule has 5 nitrogen and oxygen atoms in total. The monoisotopic (exact) mass is 305 g/mol. The third-order valence-electron chi connectivity index (χ3n) is 3.51. The predicted molar refractivity (Wildman–Crippen MR) is 80.0 cm³/mol. The molecule has 0 aliphatic carbocycles. The molecule has 0 aromatic heterocycles. The van der Waals surface area contributed by atoms with Crippen LogP contribution in [0, 0.1) is 11.3 Å². The molecule has 110 valence electrons. The lowest BCUT2D eigenvalue weighted by Crippen LogP contribution is -2.34. The number of hydrogen-bond donors (Lipinski definition) is 0. The molecule has 1 aliphatic heterocycles. The fourth-order valence-corrected chi connectivity index (χ4v) is 2.48. The molecule has 0 fully saturated rings. The van der Waals surface area contributed by atoms with E-state index in [0.717, 1.165) is 11.3 Å². The van der Waals surface area contributed by atoms with Crippen LogP contribution in [0.2, 0.25) is 5.02 Å². The molecule has 0 spiro atoms. The van der Waals surface area contributed by atoms with Gasteiger partial charge in [-0.25, -0.2) is 0 Å². The Morgan fingerprint density at radius 2 is 2.29 bits per heavy atom. The van der Waals surface area contributed by atoms with Crippen molar-refractivity contribution in [1.29, 1.82) is 5.26 Å². The first kappa shape index (κ1) is 15.3. The van der Waals surface area contributed by atoms with Gasteiger partial charge in [-0.05, 0) is 17.7 Å². The van der Waals surface area contributed by atoms with Crippen molar-refractivity contribution >= 4 is 29.1 Å². The number of nitriles is 1. The summed E-state index contributed by atoms with van der Waals surface area (Å²) in [6.45, 7) is 0.744. The zero-order valence-electron chi connectivity index (χ0n) is 11.8. The van der Waals surface area contributed by atoms with Gasteiger partial charge in [0.1, 0.15) is 0 Å². The van der Waals surface area contributed by atoms with Gasteiger partial charge in [0.15, 0.2) is 0 Å². The van der Waals surface area contributed by atoms with Crippen LogP contribution in [-0.2, 0) is 16.0 Å². The van der Waals surface area contributed by atoms with Gasteiger partial charge in [-0.1, -0.05) is 17.7 Å². The number of hydrogen-bond acceptors (Lipinski definition) is 3. The van der Waals surface area contributed by atoms with Crippen LogP contribution in [0.4, 0.5) is 5.69 Å². The van der Waals surface area contributed by atoms with Gasteiger partial charge in [0, 0.05) is 37.3 Å². The molecule has 2 rings (SSSR count). The molecule has 1 heterocycles. The normalized spacial score (nSPS) is 13.0. The van der Waals surface area contributed by atoms with Crippen molar-refractivity contribution in [3.63, 3.8) is 0 Å². The average molecular weight is 306 g/mol. The maximum atomic E-state index is 12.0. The highest BCUT2D eigenvalue weighted by atomic mass is 35.5. The molecule has 0 saturated heterocycles. The van der Waals surface area contributed by atoms with Crippen LogP contribution >= 0.6 is 11.6 Å². The molecular formula is C15H16ClN3O2. The Labute approximate surface area is 128 Å². The maximum absolute atomic E-state index is 12.0. The molecule has 0 saturated carbocycles. The van der Waals surface area contributed by atoms with Crippen LogP contribution in [-0.4, -0.2) is 36.9 Å². The second-order valence-electron chi connectivity index (χ2n) is 4.97. The molecular weight excluding hydrogens is 290 g/mol. The van der Waals surface area contributed by atoms with Gasteiger partial charge in [0.25, 0.3) is 0 Å². The van der Waals surface area contributed by atoms with E-state index in [1.54, 1.807) is 24.1 Å². The van der Waals surface area contributed by atoms with Gasteiger partial charge in [-0.2, -0.15) is 5.26 Å². The summed E-state index contributed by atoms with van der Waals surface area (Å²) < 4.78 is 0. The Balaban J connectivity index is 1.98. The van der Waals surface area contributed by atoms with Crippen LogP contribution in [0.3, 0.4) is 0 Å². The van der Waals surface area contributed by atoms with Crippen molar-refractivity contribution < 1.29 is 9.59 Å². The summed E-state index contributed by atoms with van der Waals surface area (Å²) in [6, 6.07) is 7.37. The number of carbonyl (C=O) groups is 2. The van der Waals surface area contributed by atoms with Gasteiger partial charge in [0.2, 0.25) is 11.8 Å². The van der Waals surface area contributed by atoms with Gasteiger partial charge in [-0.15, -0.1) is 0 Å². The first-order chi connectivity index (χ1) is 10.0. The highest BCUT2D eigenvalue weighted by Crippen LogP contribution is 2.31. The van der Waals surface area contributed by atoms with Crippen molar-refractivity contribution in [3.8, 4) is 6.07 Å². The van der Waals surface area contributed by atoms with Crippen LogP contribution in [0.5, 0.6) is 0 Å².